The minimum Gasteiger partial charge on any atom is -0.508 e. The number of phenolic OH excluding ortho intramolecular Hbond substituents is 1. The number of nitrogens with one attached hydrogen (secondary N) is 1. The lowest BCUT2D eigenvalue weighted by atomic mass is 10.1. The van der Waals surface area contributed by atoms with Crippen molar-refractivity contribution >= 4 is 5.91 Å². The third kappa shape index (κ3) is 2.68. The lowest BCUT2D eigenvalue weighted by Crippen LogP contribution is -2.24. The Labute approximate surface area is 104 Å². The predicted octanol–water partition coefficient (Wildman–Crippen LogP) is 2.19. The number of amides is 1. The summed E-state index contributed by atoms with van der Waals surface area (Å²) >= 11 is 0. The van der Waals surface area contributed by atoms with Gasteiger partial charge in [0.15, 0.2) is 11.5 Å². The molecule has 1 heterocycles. The molecule has 0 aliphatic rings. The summed E-state index contributed by atoms with van der Waals surface area (Å²) in [6.45, 7) is 2.58. The first-order valence-corrected chi connectivity index (χ1v) is 5.75. The predicted molar refractivity (Wildman–Crippen MR) is 66.2 cm³/mol. The van der Waals surface area contributed by atoms with Crippen LogP contribution in [0.5, 0.6) is 5.75 Å². The molecule has 0 bridgehead atoms. The van der Waals surface area contributed by atoms with Crippen LogP contribution < -0.4 is 5.32 Å². The fraction of sp³-hybridized carbons (Fsp3) is 0.231. The Morgan fingerprint density at radius 2 is 2.28 bits per heavy atom. The van der Waals surface area contributed by atoms with Gasteiger partial charge < -0.3 is 14.9 Å². The molecule has 5 nitrogen and oxygen atoms in total. The number of hydrogen-bond acceptors (Lipinski definition) is 4. The summed E-state index contributed by atoms with van der Waals surface area (Å²) in [5.41, 5.74) is 0.916. The highest BCUT2D eigenvalue weighted by Crippen LogP contribution is 2.23. The second-order valence-electron chi connectivity index (χ2n) is 3.88. The molecule has 2 N–H and O–H groups in total. The van der Waals surface area contributed by atoms with Crippen molar-refractivity contribution in [2.45, 2.75) is 13.3 Å². The van der Waals surface area contributed by atoms with Crippen LogP contribution in [0.15, 0.2) is 34.9 Å². The molecule has 2 rings (SSSR count). The maximum absolute atomic E-state index is 11.6. The smallest absolute Gasteiger partial charge is 0.273 e. The van der Waals surface area contributed by atoms with Crippen LogP contribution in [-0.4, -0.2) is 22.7 Å². The third-order valence-electron chi connectivity index (χ3n) is 2.41. The van der Waals surface area contributed by atoms with Crippen LogP contribution in [0.2, 0.25) is 0 Å². The zero-order valence-electron chi connectivity index (χ0n) is 10.0. The van der Waals surface area contributed by atoms with Crippen molar-refractivity contribution in [2.24, 2.45) is 0 Å². The minimum absolute atomic E-state index is 0.140. The number of aromatic hydroxyl groups is 1. The molecule has 0 unspecified atom stereocenters. The zero-order valence-corrected chi connectivity index (χ0v) is 10.0. The second kappa shape index (κ2) is 5.35. The average molecular weight is 246 g/mol. The number of nitrogens with zero attached hydrogens (tertiary/aromatic N) is 1. The molecule has 0 saturated heterocycles. The number of carbonyl (C=O) groups is 1. The second-order valence-corrected chi connectivity index (χ2v) is 3.88. The summed E-state index contributed by atoms with van der Waals surface area (Å²) in [5, 5.41) is 15.8. The van der Waals surface area contributed by atoms with Crippen LogP contribution in [0.25, 0.3) is 11.3 Å². The van der Waals surface area contributed by atoms with E-state index in [0.717, 1.165) is 6.42 Å². The maximum Gasteiger partial charge on any atom is 0.273 e. The summed E-state index contributed by atoms with van der Waals surface area (Å²) in [5.74, 6) is 0.334. The number of rotatable bonds is 4. The Balaban J connectivity index is 2.17. The number of phenols is 1. The number of carbonyl (C=O) groups excluding carboxylic acids is 1. The van der Waals surface area contributed by atoms with E-state index in [1.807, 2.05) is 6.92 Å². The fourth-order valence-corrected chi connectivity index (χ4v) is 1.51. The van der Waals surface area contributed by atoms with Crippen molar-refractivity contribution < 1.29 is 14.4 Å². The van der Waals surface area contributed by atoms with Crippen molar-refractivity contribution in [2.75, 3.05) is 6.54 Å². The first kappa shape index (κ1) is 12.2. The molecule has 1 aromatic carbocycles. The van der Waals surface area contributed by atoms with Crippen LogP contribution >= 0.6 is 0 Å². The van der Waals surface area contributed by atoms with Gasteiger partial charge in [0, 0.05) is 18.2 Å². The van der Waals surface area contributed by atoms with E-state index in [1.54, 1.807) is 30.3 Å². The van der Waals surface area contributed by atoms with Gasteiger partial charge in [0.05, 0.1) is 0 Å². The van der Waals surface area contributed by atoms with Gasteiger partial charge in [-0.05, 0) is 18.6 Å². The van der Waals surface area contributed by atoms with Crippen molar-refractivity contribution in [3.05, 3.63) is 36.0 Å². The lowest BCUT2D eigenvalue weighted by molar-refractivity contribution is 0.0944. The van der Waals surface area contributed by atoms with Gasteiger partial charge in [-0.1, -0.05) is 24.2 Å². The van der Waals surface area contributed by atoms with E-state index in [-0.39, 0.29) is 17.4 Å². The molecule has 1 amide bonds. The third-order valence-corrected chi connectivity index (χ3v) is 2.41. The molecule has 0 saturated carbocycles. The molecule has 0 spiro atoms. The van der Waals surface area contributed by atoms with Crippen LogP contribution in [0.1, 0.15) is 23.8 Å². The van der Waals surface area contributed by atoms with Gasteiger partial charge in [-0.15, -0.1) is 0 Å². The average Bonchev–Trinajstić information content (AvgIpc) is 2.85. The molecule has 1 aromatic heterocycles. The van der Waals surface area contributed by atoms with Crippen molar-refractivity contribution in [3.8, 4) is 17.1 Å². The van der Waals surface area contributed by atoms with Gasteiger partial charge >= 0.3 is 0 Å². The Morgan fingerprint density at radius 3 is 3.00 bits per heavy atom. The number of benzene rings is 1. The molecule has 94 valence electrons. The highest BCUT2D eigenvalue weighted by atomic mass is 16.5. The molecule has 0 radical (unpaired) electrons. The largest absolute Gasteiger partial charge is 0.508 e. The van der Waals surface area contributed by atoms with Gasteiger partial charge in [0.1, 0.15) is 5.75 Å². The Hall–Kier alpha value is -2.30. The van der Waals surface area contributed by atoms with E-state index in [1.165, 1.54) is 0 Å². The molecular weight excluding hydrogens is 232 g/mol. The summed E-state index contributed by atoms with van der Waals surface area (Å²) in [6.07, 6.45) is 0.864. The van der Waals surface area contributed by atoms with Crippen molar-refractivity contribution in [1.29, 1.82) is 0 Å². The SMILES string of the molecule is CCCNC(=O)c1cc(-c2cccc(O)c2)on1. The quantitative estimate of drug-likeness (QED) is 0.867. The Kier molecular flexibility index (Phi) is 3.62. The zero-order chi connectivity index (χ0) is 13.0. The van der Waals surface area contributed by atoms with E-state index in [4.69, 9.17) is 4.52 Å². The Bertz CT molecular complexity index is 549. The summed E-state index contributed by atoms with van der Waals surface area (Å²) < 4.78 is 5.08. The number of hydrogen-bond donors (Lipinski definition) is 2. The highest BCUT2D eigenvalue weighted by Gasteiger charge is 2.13. The molecule has 18 heavy (non-hydrogen) atoms. The number of aromatic nitrogens is 1. The molecular formula is C13H14N2O3. The van der Waals surface area contributed by atoms with E-state index >= 15 is 0 Å². The van der Waals surface area contributed by atoms with E-state index in [9.17, 15) is 9.90 Å². The summed E-state index contributed by atoms with van der Waals surface area (Å²) in [6, 6.07) is 8.14. The molecule has 0 aliphatic carbocycles. The first-order valence-electron chi connectivity index (χ1n) is 5.75. The molecule has 5 heteroatoms. The monoisotopic (exact) mass is 246 g/mol. The van der Waals surface area contributed by atoms with Crippen LogP contribution in [0.3, 0.4) is 0 Å². The van der Waals surface area contributed by atoms with E-state index in [0.29, 0.717) is 17.9 Å². The van der Waals surface area contributed by atoms with Gasteiger partial charge in [0.25, 0.3) is 5.91 Å². The van der Waals surface area contributed by atoms with Crippen molar-refractivity contribution in [1.82, 2.24) is 10.5 Å². The summed E-state index contributed by atoms with van der Waals surface area (Å²) in [4.78, 5) is 11.6. The van der Waals surface area contributed by atoms with E-state index < -0.39 is 0 Å². The molecule has 0 atom stereocenters. The van der Waals surface area contributed by atoms with E-state index in [2.05, 4.69) is 10.5 Å². The minimum atomic E-state index is -0.257. The molecule has 0 fully saturated rings. The first-order chi connectivity index (χ1) is 8.70. The highest BCUT2D eigenvalue weighted by molar-refractivity contribution is 5.93. The van der Waals surface area contributed by atoms with Crippen LogP contribution in [-0.2, 0) is 0 Å². The standard InChI is InChI=1S/C13H14N2O3/c1-2-6-14-13(17)11-8-12(18-15-11)9-4-3-5-10(16)7-9/h3-5,7-8,16H,2,6H2,1H3,(H,14,17). The molecule has 2 aromatic rings. The summed E-state index contributed by atoms with van der Waals surface area (Å²) in [7, 11) is 0. The topological polar surface area (TPSA) is 75.4 Å². The lowest BCUT2D eigenvalue weighted by Gasteiger charge is -1.97. The van der Waals surface area contributed by atoms with Gasteiger partial charge in [-0.25, -0.2) is 0 Å². The Morgan fingerprint density at radius 1 is 1.44 bits per heavy atom. The van der Waals surface area contributed by atoms with Crippen LogP contribution in [0.4, 0.5) is 0 Å². The van der Waals surface area contributed by atoms with Crippen molar-refractivity contribution in [3.63, 3.8) is 0 Å². The van der Waals surface area contributed by atoms with Gasteiger partial charge in [-0.3, -0.25) is 4.79 Å². The normalized spacial score (nSPS) is 10.3. The fourth-order valence-electron chi connectivity index (χ4n) is 1.51. The van der Waals surface area contributed by atoms with Gasteiger partial charge in [-0.2, -0.15) is 0 Å². The molecule has 0 aliphatic heterocycles. The maximum atomic E-state index is 11.6. The van der Waals surface area contributed by atoms with Gasteiger partial charge in [0.2, 0.25) is 0 Å². The van der Waals surface area contributed by atoms with Crippen LogP contribution in [0, 0.1) is 0 Å².